The number of phenolic OH excluding ortho intramolecular Hbond substituents is 3. The third kappa shape index (κ3) is 5.16. The van der Waals surface area contributed by atoms with Crippen molar-refractivity contribution in [3.8, 4) is 40.6 Å². The number of carbonyl (C=O) groups excluding carboxylic acids is 2. The molecule has 0 unspecified atom stereocenters. The zero-order valence-corrected chi connectivity index (χ0v) is 15.2. The van der Waals surface area contributed by atoms with Gasteiger partial charge in [-0.05, 0) is 24.3 Å². The van der Waals surface area contributed by atoms with Gasteiger partial charge in [-0.3, -0.25) is 9.59 Å². The maximum absolute atomic E-state index is 12.0. The number of hydrogen-bond acceptors (Lipinski definition) is 8. The fraction of sp³-hybridized carbons (Fsp3) is 0.200. The Morgan fingerprint density at radius 3 is 2.04 bits per heavy atom. The number of phenols is 3. The topological polar surface area (TPSA) is 123 Å². The molecule has 2 rings (SSSR count). The van der Waals surface area contributed by atoms with Crippen molar-refractivity contribution in [3.05, 3.63) is 41.5 Å². The molecule has 0 aromatic heterocycles. The van der Waals surface area contributed by atoms with E-state index in [1.54, 1.807) is 18.2 Å². The summed E-state index contributed by atoms with van der Waals surface area (Å²) in [7, 11) is 3.04. The first-order valence-electron chi connectivity index (χ1n) is 7.98. The van der Waals surface area contributed by atoms with Crippen molar-refractivity contribution < 1.29 is 39.1 Å². The van der Waals surface area contributed by atoms with E-state index >= 15 is 0 Å². The lowest BCUT2D eigenvalue weighted by molar-refractivity contribution is -0.118. The number of aromatic hydroxyl groups is 3. The molecule has 0 aliphatic heterocycles. The average Bonchev–Trinajstić information content (AvgIpc) is 2.70. The molecule has 8 nitrogen and oxygen atoms in total. The Morgan fingerprint density at radius 1 is 0.929 bits per heavy atom. The lowest BCUT2D eigenvalue weighted by Gasteiger charge is -2.05. The van der Waals surface area contributed by atoms with Crippen molar-refractivity contribution in [1.82, 2.24) is 0 Å². The van der Waals surface area contributed by atoms with Gasteiger partial charge in [0.2, 0.25) is 11.6 Å². The zero-order chi connectivity index (χ0) is 20.7. The molecule has 0 fully saturated rings. The molecule has 0 heterocycles. The van der Waals surface area contributed by atoms with E-state index < -0.39 is 35.4 Å². The third-order valence-electron chi connectivity index (χ3n) is 3.58. The van der Waals surface area contributed by atoms with E-state index in [2.05, 4.69) is 11.8 Å². The number of ketones is 2. The summed E-state index contributed by atoms with van der Waals surface area (Å²) >= 11 is 0. The first kappa shape index (κ1) is 20.6. The summed E-state index contributed by atoms with van der Waals surface area (Å²) in [5.41, 5.74) is 0.355. The van der Waals surface area contributed by atoms with Gasteiger partial charge in [0.1, 0.15) is 24.7 Å². The van der Waals surface area contributed by atoms with E-state index in [4.69, 9.17) is 14.2 Å². The van der Waals surface area contributed by atoms with Gasteiger partial charge < -0.3 is 29.5 Å². The fourth-order valence-corrected chi connectivity index (χ4v) is 2.17. The minimum Gasteiger partial charge on any atom is -0.504 e. The van der Waals surface area contributed by atoms with Crippen LogP contribution in [0.1, 0.15) is 15.9 Å². The molecule has 2 aromatic rings. The highest BCUT2D eigenvalue weighted by Gasteiger charge is 2.19. The Bertz CT molecular complexity index is 907. The van der Waals surface area contributed by atoms with Crippen LogP contribution in [0.25, 0.3) is 0 Å². The number of ether oxygens (including phenoxy) is 3. The third-order valence-corrected chi connectivity index (χ3v) is 3.58. The maximum atomic E-state index is 12.0. The normalized spacial score (nSPS) is 9.93. The average molecular weight is 386 g/mol. The summed E-state index contributed by atoms with van der Waals surface area (Å²) in [6, 6.07) is 6.86. The molecule has 0 atom stereocenters. The maximum Gasteiger partial charge on any atom is 0.231 e. The molecule has 0 saturated heterocycles. The van der Waals surface area contributed by atoms with Gasteiger partial charge in [0, 0.05) is 17.2 Å². The van der Waals surface area contributed by atoms with Crippen LogP contribution in [0.5, 0.6) is 28.7 Å². The summed E-state index contributed by atoms with van der Waals surface area (Å²) in [5.74, 6) is 2.61. The minimum atomic E-state index is -0.976. The second-order valence-corrected chi connectivity index (χ2v) is 5.51. The smallest absolute Gasteiger partial charge is 0.231 e. The largest absolute Gasteiger partial charge is 0.504 e. The van der Waals surface area contributed by atoms with E-state index in [1.165, 1.54) is 14.2 Å². The van der Waals surface area contributed by atoms with Crippen LogP contribution in [0, 0.1) is 11.8 Å². The lowest BCUT2D eigenvalue weighted by Crippen LogP contribution is -2.20. The van der Waals surface area contributed by atoms with Crippen molar-refractivity contribution in [3.63, 3.8) is 0 Å². The van der Waals surface area contributed by atoms with E-state index in [0.717, 1.165) is 12.1 Å². The molecule has 0 spiro atoms. The fourth-order valence-electron chi connectivity index (χ4n) is 2.17. The summed E-state index contributed by atoms with van der Waals surface area (Å²) in [6.45, 7) is -0.637. The van der Waals surface area contributed by atoms with Crippen LogP contribution in [0.2, 0.25) is 0 Å². The van der Waals surface area contributed by atoms with Crippen LogP contribution in [0.4, 0.5) is 0 Å². The van der Waals surface area contributed by atoms with Gasteiger partial charge in [0.05, 0.1) is 14.2 Å². The van der Waals surface area contributed by atoms with E-state index in [9.17, 15) is 24.9 Å². The van der Waals surface area contributed by atoms with Gasteiger partial charge in [0.15, 0.2) is 17.2 Å². The number of carbonyl (C=O) groups is 2. The molecule has 28 heavy (non-hydrogen) atoms. The Hall–Kier alpha value is -3.70. The number of Topliss-reactive ketones (excluding diaryl/α,β-unsaturated/α-hetero) is 2. The molecule has 0 aliphatic carbocycles. The van der Waals surface area contributed by atoms with Crippen LogP contribution in [0.3, 0.4) is 0 Å². The predicted molar refractivity (Wildman–Crippen MR) is 98.0 cm³/mol. The van der Waals surface area contributed by atoms with Crippen molar-refractivity contribution in [2.45, 2.75) is 0 Å². The quantitative estimate of drug-likeness (QED) is 0.216. The second-order valence-electron chi connectivity index (χ2n) is 5.51. The van der Waals surface area contributed by atoms with Crippen LogP contribution < -0.4 is 9.47 Å². The van der Waals surface area contributed by atoms with Crippen molar-refractivity contribution in [1.29, 1.82) is 0 Å². The van der Waals surface area contributed by atoms with Gasteiger partial charge in [-0.15, -0.1) is 0 Å². The van der Waals surface area contributed by atoms with Gasteiger partial charge in [-0.2, -0.15) is 0 Å². The van der Waals surface area contributed by atoms with Crippen LogP contribution in [0.15, 0.2) is 30.3 Å². The van der Waals surface area contributed by atoms with Gasteiger partial charge in [-0.25, -0.2) is 0 Å². The summed E-state index contributed by atoms with van der Waals surface area (Å²) in [5, 5.41) is 28.1. The molecule has 8 heteroatoms. The number of rotatable bonds is 7. The van der Waals surface area contributed by atoms with Crippen LogP contribution in [-0.2, 0) is 9.53 Å². The SMILES string of the molecule is COc1cc(C#CCOCC(=O)C(=O)c2cc(O)c(O)c(O)c2)cc(OC)c1. The minimum absolute atomic E-state index is 0.107. The molecule has 146 valence electrons. The molecular formula is C20H18O8. The predicted octanol–water partition coefficient (Wildman–Crippen LogP) is 1.64. The van der Waals surface area contributed by atoms with Gasteiger partial charge in [0.25, 0.3) is 0 Å². The summed E-state index contributed by atoms with van der Waals surface area (Å²) in [6.07, 6.45) is 0. The highest BCUT2D eigenvalue weighted by Crippen LogP contribution is 2.35. The van der Waals surface area contributed by atoms with Crippen molar-refractivity contribution in [2.75, 3.05) is 27.4 Å². The number of hydrogen-bond donors (Lipinski definition) is 3. The molecular weight excluding hydrogens is 368 g/mol. The highest BCUT2D eigenvalue weighted by molar-refractivity contribution is 6.44. The molecule has 0 bridgehead atoms. The Balaban J connectivity index is 1.93. The molecule has 0 aliphatic rings. The zero-order valence-electron chi connectivity index (χ0n) is 15.2. The van der Waals surface area contributed by atoms with Gasteiger partial charge >= 0.3 is 0 Å². The second kappa shape index (κ2) is 9.30. The first-order valence-corrected chi connectivity index (χ1v) is 7.98. The van der Waals surface area contributed by atoms with Gasteiger partial charge in [-0.1, -0.05) is 11.8 Å². The monoisotopic (exact) mass is 386 g/mol. The first-order chi connectivity index (χ1) is 13.3. The molecule has 0 radical (unpaired) electrons. The summed E-state index contributed by atoms with van der Waals surface area (Å²) in [4.78, 5) is 23.9. The molecule has 0 saturated carbocycles. The van der Waals surface area contributed by atoms with Crippen molar-refractivity contribution >= 4 is 11.6 Å². The molecule has 3 N–H and O–H groups in total. The van der Waals surface area contributed by atoms with Crippen LogP contribution >= 0.6 is 0 Å². The Kier molecular flexibility index (Phi) is 6.84. The van der Waals surface area contributed by atoms with Crippen LogP contribution in [-0.4, -0.2) is 54.3 Å². The van der Waals surface area contributed by atoms with E-state index in [1.807, 2.05) is 0 Å². The lowest BCUT2D eigenvalue weighted by atomic mass is 10.1. The number of benzene rings is 2. The number of methoxy groups -OCH3 is 2. The van der Waals surface area contributed by atoms with E-state index in [0.29, 0.717) is 17.1 Å². The standard InChI is InChI=1S/C20H18O8/c1-26-14-6-12(7-15(10-14)27-2)4-3-5-28-11-18(23)19(24)13-8-16(21)20(25)17(22)9-13/h6-10,21-22,25H,5,11H2,1-2H3. The van der Waals surface area contributed by atoms with E-state index in [-0.39, 0.29) is 12.2 Å². The van der Waals surface area contributed by atoms with Crippen molar-refractivity contribution in [2.24, 2.45) is 0 Å². The Labute approximate surface area is 160 Å². The molecule has 2 aromatic carbocycles. The summed E-state index contributed by atoms with van der Waals surface area (Å²) < 4.78 is 15.3. The highest BCUT2D eigenvalue weighted by atomic mass is 16.5. The molecule has 0 amide bonds. The Morgan fingerprint density at radius 2 is 1.50 bits per heavy atom.